The molecule has 0 spiro atoms. The summed E-state index contributed by atoms with van der Waals surface area (Å²) in [6, 6.07) is 7.20. The van der Waals surface area contributed by atoms with Gasteiger partial charge in [0.25, 0.3) is 11.8 Å². The lowest BCUT2D eigenvalue weighted by Gasteiger charge is -2.04. The van der Waals surface area contributed by atoms with E-state index in [-0.39, 0.29) is 23.9 Å². The van der Waals surface area contributed by atoms with E-state index in [9.17, 15) is 14.0 Å². The van der Waals surface area contributed by atoms with E-state index in [1.165, 1.54) is 35.6 Å². The molecule has 25 heavy (non-hydrogen) atoms. The Balaban J connectivity index is 0.00000312. The highest BCUT2D eigenvalue weighted by Gasteiger charge is 2.15. The van der Waals surface area contributed by atoms with E-state index in [1.54, 1.807) is 6.07 Å². The van der Waals surface area contributed by atoms with Crippen molar-refractivity contribution in [2.75, 3.05) is 25.0 Å². The minimum Gasteiger partial charge on any atom is -0.350 e. The topological polar surface area (TPSA) is 70.2 Å². The highest BCUT2D eigenvalue weighted by atomic mass is 35.5. The summed E-state index contributed by atoms with van der Waals surface area (Å²) in [5.41, 5.74) is 1.02. The highest BCUT2D eigenvalue weighted by Crippen LogP contribution is 2.27. The fourth-order valence-electron chi connectivity index (χ4n) is 2.10. The van der Waals surface area contributed by atoms with Gasteiger partial charge in [-0.25, -0.2) is 4.39 Å². The minimum atomic E-state index is -0.467. The van der Waals surface area contributed by atoms with Gasteiger partial charge in [0, 0.05) is 18.7 Å². The molecule has 1 aromatic carbocycles. The second-order valence-corrected chi connectivity index (χ2v) is 6.25. The molecule has 2 rings (SSSR count). The zero-order valence-electron chi connectivity index (χ0n) is 14.0. The molecule has 2 amide bonds. The second kappa shape index (κ2) is 10.1. The van der Waals surface area contributed by atoms with E-state index < -0.39 is 11.7 Å². The normalized spacial score (nSPS) is 10.0. The van der Waals surface area contributed by atoms with Crippen molar-refractivity contribution in [3.05, 3.63) is 52.2 Å². The van der Waals surface area contributed by atoms with Crippen LogP contribution >= 0.6 is 23.7 Å². The van der Waals surface area contributed by atoms with Crippen LogP contribution in [0.3, 0.4) is 0 Å². The first-order valence-electron chi connectivity index (χ1n) is 7.67. The largest absolute Gasteiger partial charge is 0.350 e. The molecular weight excluding hydrogens is 365 g/mol. The zero-order valence-corrected chi connectivity index (χ0v) is 15.7. The van der Waals surface area contributed by atoms with E-state index >= 15 is 0 Å². The lowest BCUT2D eigenvalue weighted by atomic mass is 10.2. The van der Waals surface area contributed by atoms with Gasteiger partial charge in [0.05, 0.1) is 9.88 Å². The van der Waals surface area contributed by atoms with Crippen molar-refractivity contribution in [2.45, 2.75) is 13.8 Å². The van der Waals surface area contributed by atoms with Crippen LogP contribution in [0.1, 0.15) is 32.5 Å². The van der Waals surface area contributed by atoms with E-state index in [0.29, 0.717) is 23.0 Å². The highest BCUT2D eigenvalue weighted by molar-refractivity contribution is 7.18. The average molecular weight is 386 g/mol. The maximum atomic E-state index is 13.2. The summed E-state index contributed by atoms with van der Waals surface area (Å²) in [5.74, 6) is -1.04. The Labute approximate surface area is 156 Å². The van der Waals surface area contributed by atoms with Crippen LogP contribution < -0.4 is 16.0 Å². The SMILES string of the molecule is CCNCCNC(=O)c1sc(NC(=O)c2cccc(F)c2)cc1C.Cl. The standard InChI is InChI=1S/C17H20FN3O2S.ClH/c1-3-19-7-8-20-17(23)15-11(2)9-14(24-15)21-16(22)12-5-4-6-13(18)10-12;/h4-6,9-10,19H,3,7-8H2,1-2H3,(H,20,23)(H,21,22);1H. The number of rotatable bonds is 7. The molecule has 0 radical (unpaired) electrons. The van der Waals surface area contributed by atoms with Gasteiger partial charge >= 0.3 is 0 Å². The van der Waals surface area contributed by atoms with Crippen LogP contribution in [-0.4, -0.2) is 31.4 Å². The molecule has 0 aliphatic rings. The fourth-order valence-corrected chi connectivity index (χ4v) is 3.09. The molecule has 0 saturated heterocycles. The maximum absolute atomic E-state index is 13.2. The number of halogens is 2. The molecule has 1 aromatic heterocycles. The van der Waals surface area contributed by atoms with Crippen molar-refractivity contribution in [1.29, 1.82) is 0 Å². The molecular formula is C17H21ClFN3O2S. The van der Waals surface area contributed by atoms with Gasteiger partial charge in [-0.15, -0.1) is 23.7 Å². The first kappa shape index (κ1) is 21.1. The summed E-state index contributed by atoms with van der Waals surface area (Å²) in [6.07, 6.45) is 0. The summed E-state index contributed by atoms with van der Waals surface area (Å²) >= 11 is 1.20. The minimum absolute atomic E-state index is 0. The van der Waals surface area contributed by atoms with E-state index in [2.05, 4.69) is 16.0 Å². The maximum Gasteiger partial charge on any atom is 0.261 e. The number of anilines is 1. The van der Waals surface area contributed by atoms with Gasteiger partial charge in [-0.3, -0.25) is 9.59 Å². The van der Waals surface area contributed by atoms with Gasteiger partial charge in [0.2, 0.25) is 0 Å². The van der Waals surface area contributed by atoms with E-state index in [0.717, 1.165) is 12.1 Å². The van der Waals surface area contributed by atoms with Crippen LogP contribution in [0.4, 0.5) is 9.39 Å². The number of carbonyl (C=O) groups excluding carboxylic acids is 2. The molecule has 0 atom stereocenters. The van der Waals surface area contributed by atoms with Crippen molar-refractivity contribution in [2.24, 2.45) is 0 Å². The number of carbonyl (C=O) groups is 2. The monoisotopic (exact) mass is 385 g/mol. The van der Waals surface area contributed by atoms with Crippen LogP contribution in [-0.2, 0) is 0 Å². The van der Waals surface area contributed by atoms with Gasteiger partial charge in [-0.05, 0) is 43.3 Å². The first-order chi connectivity index (χ1) is 11.5. The summed E-state index contributed by atoms with van der Waals surface area (Å²) in [6.45, 7) is 5.90. The van der Waals surface area contributed by atoms with Crippen molar-refractivity contribution in [3.63, 3.8) is 0 Å². The molecule has 0 saturated carbocycles. The number of amides is 2. The smallest absolute Gasteiger partial charge is 0.261 e. The van der Waals surface area contributed by atoms with E-state index in [1.807, 2.05) is 13.8 Å². The molecule has 2 aromatic rings. The summed E-state index contributed by atoms with van der Waals surface area (Å²) < 4.78 is 13.2. The second-order valence-electron chi connectivity index (χ2n) is 5.20. The van der Waals surface area contributed by atoms with Crippen molar-refractivity contribution >= 4 is 40.6 Å². The molecule has 0 aliphatic carbocycles. The Hall–Kier alpha value is -1.96. The number of thiophene rings is 1. The quantitative estimate of drug-likeness (QED) is 0.641. The van der Waals surface area contributed by atoms with Gasteiger partial charge in [0.15, 0.2) is 0 Å². The lowest BCUT2D eigenvalue weighted by Crippen LogP contribution is -2.31. The van der Waals surface area contributed by atoms with Crippen LogP contribution in [0.15, 0.2) is 30.3 Å². The van der Waals surface area contributed by atoms with Crippen LogP contribution in [0.25, 0.3) is 0 Å². The molecule has 0 bridgehead atoms. The predicted octanol–water partition coefficient (Wildman–Crippen LogP) is 3.21. The lowest BCUT2D eigenvalue weighted by molar-refractivity contribution is 0.0956. The molecule has 0 unspecified atom stereocenters. The Morgan fingerprint density at radius 1 is 1.16 bits per heavy atom. The summed E-state index contributed by atoms with van der Waals surface area (Å²) in [7, 11) is 0. The van der Waals surface area contributed by atoms with Crippen LogP contribution in [0.2, 0.25) is 0 Å². The molecule has 0 fully saturated rings. The van der Waals surface area contributed by atoms with Crippen LogP contribution in [0, 0.1) is 12.7 Å². The number of hydrogen-bond acceptors (Lipinski definition) is 4. The Morgan fingerprint density at radius 3 is 2.60 bits per heavy atom. The number of hydrogen-bond donors (Lipinski definition) is 3. The van der Waals surface area contributed by atoms with Crippen molar-refractivity contribution < 1.29 is 14.0 Å². The van der Waals surface area contributed by atoms with Crippen molar-refractivity contribution in [1.82, 2.24) is 10.6 Å². The number of likely N-dealkylation sites (N-methyl/N-ethyl adjacent to an activating group) is 1. The fraction of sp³-hybridized carbons (Fsp3) is 0.294. The predicted molar refractivity (Wildman–Crippen MR) is 102 cm³/mol. The Bertz CT molecular complexity index is 736. The van der Waals surface area contributed by atoms with Crippen LogP contribution in [0.5, 0.6) is 0 Å². The van der Waals surface area contributed by atoms with E-state index in [4.69, 9.17) is 0 Å². The third kappa shape index (κ3) is 6.12. The van der Waals surface area contributed by atoms with Gasteiger partial charge < -0.3 is 16.0 Å². The molecule has 1 heterocycles. The molecule has 5 nitrogen and oxygen atoms in total. The summed E-state index contributed by atoms with van der Waals surface area (Å²) in [4.78, 5) is 24.8. The first-order valence-corrected chi connectivity index (χ1v) is 8.49. The Kier molecular flexibility index (Phi) is 8.54. The number of aryl methyl sites for hydroxylation is 1. The van der Waals surface area contributed by atoms with Gasteiger partial charge in [-0.2, -0.15) is 0 Å². The third-order valence-electron chi connectivity index (χ3n) is 3.28. The third-order valence-corrected chi connectivity index (χ3v) is 4.44. The Morgan fingerprint density at radius 2 is 1.92 bits per heavy atom. The molecule has 0 aliphatic heterocycles. The van der Waals surface area contributed by atoms with Gasteiger partial charge in [0.1, 0.15) is 5.82 Å². The summed E-state index contributed by atoms with van der Waals surface area (Å²) in [5, 5.41) is 9.20. The van der Waals surface area contributed by atoms with Crippen molar-refractivity contribution in [3.8, 4) is 0 Å². The number of benzene rings is 1. The molecule has 136 valence electrons. The zero-order chi connectivity index (χ0) is 17.5. The van der Waals surface area contributed by atoms with Gasteiger partial charge in [-0.1, -0.05) is 13.0 Å². The number of nitrogens with one attached hydrogen (secondary N) is 3. The average Bonchev–Trinajstić information content (AvgIpc) is 2.92. The molecule has 8 heteroatoms. The molecule has 3 N–H and O–H groups in total.